The molecular formula is C8H5ClN2O. The number of carbonyl (C=O) groups excluding carboxylic acids is 1. The molecule has 0 unspecified atom stereocenters. The predicted molar refractivity (Wildman–Crippen MR) is 45.4 cm³/mol. The second-order valence-corrected chi connectivity index (χ2v) is 2.72. The Labute approximate surface area is 73.6 Å². The van der Waals surface area contributed by atoms with Gasteiger partial charge in [0.1, 0.15) is 5.69 Å². The molecule has 4 heteroatoms. The molecule has 0 fully saturated rings. The maximum absolute atomic E-state index is 10.7. The van der Waals surface area contributed by atoms with Gasteiger partial charge in [-0.25, -0.2) is 4.52 Å². The molecule has 60 valence electrons. The summed E-state index contributed by atoms with van der Waals surface area (Å²) < 4.78 is 1.61. The van der Waals surface area contributed by atoms with E-state index in [0.717, 1.165) is 5.52 Å². The summed E-state index contributed by atoms with van der Waals surface area (Å²) in [6, 6.07) is 7.22. The van der Waals surface area contributed by atoms with Crippen molar-refractivity contribution in [3.05, 3.63) is 36.2 Å². The highest BCUT2D eigenvalue weighted by atomic mass is 35.5. The first-order chi connectivity index (χ1) is 5.77. The summed E-state index contributed by atoms with van der Waals surface area (Å²) in [5.41, 5.74) is 1.14. The van der Waals surface area contributed by atoms with Crippen LogP contribution in [0, 0.1) is 0 Å². The van der Waals surface area contributed by atoms with E-state index in [2.05, 4.69) is 5.10 Å². The summed E-state index contributed by atoms with van der Waals surface area (Å²) in [6.07, 6.45) is 1.76. The monoisotopic (exact) mass is 180 g/mol. The van der Waals surface area contributed by atoms with Crippen molar-refractivity contribution in [1.82, 2.24) is 9.61 Å². The first-order valence-electron chi connectivity index (χ1n) is 3.41. The Morgan fingerprint density at radius 2 is 2.33 bits per heavy atom. The smallest absolute Gasteiger partial charge is 0.272 e. The van der Waals surface area contributed by atoms with Crippen LogP contribution in [0.4, 0.5) is 0 Å². The normalized spacial score (nSPS) is 10.4. The fourth-order valence-electron chi connectivity index (χ4n) is 1.03. The average molecular weight is 181 g/mol. The molecule has 0 bridgehead atoms. The first kappa shape index (κ1) is 7.31. The lowest BCUT2D eigenvalue weighted by atomic mass is 10.4. The molecule has 3 nitrogen and oxygen atoms in total. The van der Waals surface area contributed by atoms with E-state index in [1.54, 1.807) is 16.8 Å². The van der Waals surface area contributed by atoms with Crippen LogP contribution in [-0.2, 0) is 0 Å². The third kappa shape index (κ3) is 1.08. The molecule has 0 spiro atoms. The summed E-state index contributed by atoms with van der Waals surface area (Å²) in [4.78, 5) is 10.7. The number of fused-ring (bicyclic) bond motifs is 1. The van der Waals surface area contributed by atoms with E-state index < -0.39 is 5.24 Å². The second-order valence-electron chi connectivity index (χ2n) is 2.37. The molecule has 0 amide bonds. The molecular weight excluding hydrogens is 176 g/mol. The fourth-order valence-corrected chi connectivity index (χ4v) is 1.13. The minimum absolute atomic E-state index is 0.280. The zero-order valence-corrected chi connectivity index (χ0v) is 6.82. The lowest BCUT2D eigenvalue weighted by Crippen LogP contribution is -1.90. The Morgan fingerprint density at radius 3 is 3.00 bits per heavy atom. The number of pyridine rings is 1. The number of halogens is 1. The SMILES string of the molecule is O=C(Cl)c1cc2ccccn2n1. The predicted octanol–water partition coefficient (Wildman–Crippen LogP) is 1.71. The molecule has 0 aliphatic rings. The Morgan fingerprint density at radius 1 is 1.50 bits per heavy atom. The zero-order chi connectivity index (χ0) is 8.55. The minimum Gasteiger partial charge on any atom is -0.274 e. The van der Waals surface area contributed by atoms with Gasteiger partial charge in [0.25, 0.3) is 5.24 Å². The minimum atomic E-state index is -0.529. The number of hydrogen-bond acceptors (Lipinski definition) is 2. The summed E-state index contributed by atoms with van der Waals surface area (Å²) >= 11 is 5.26. The van der Waals surface area contributed by atoms with E-state index in [-0.39, 0.29) is 5.69 Å². The molecule has 2 aromatic heterocycles. The van der Waals surface area contributed by atoms with Crippen LogP contribution in [0.15, 0.2) is 30.5 Å². The highest BCUT2D eigenvalue weighted by Crippen LogP contribution is 2.07. The maximum Gasteiger partial charge on any atom is 0.272 e. The number of carbonyl (C=O) groups is 1. The van der Waals surface area contributed by atoms with Crippen LogP contribution in [-0.4, -0.2) is 14.9 Å². The maximum atomic E-state index is 10.7. The van der Waals surface area contributed by atoms with E-state index >= 15 is 0 Å². The van der Waals surface area contributed by atoms with E-state index in [1.807, 2.05) is 18.2 Å². The molecule has 2 aromatic rings. The molecule has 0 saturated heterocycles. The van der Waals surface area contributed by atoms with Crippen LogP contribution in [0.3, 0.4) is 0 Å². The lowest BCUT2D eigenvalue weighted by molar-refractivity contribution is 0.107. The molecule has 0 aromatic carbocycles. The molecule has 2 rings (SSSR count). The van der Waals surface area contributed by atoms with Gasteiger partial charge in [-0.3, -0.25) is 4.79 Å². The van der Waals surface area contributed by atoms with E-state index in [9.17, 15) is 4.79 Å². The van der Waals surface area contributed by atoms with Crippen LogP contribution >= 0.6 is 11.6 Å². The van der Waals surface area contributed by atoms with Crippen molar-refractivity contribution >= 4 is 22.4 Å². The lowest BCUT2D eigenvalue weighted by Gasteiger charge is -1.86. The van der Waals surface area contributed by atoms with E-state index in [0.29, 0.717) is 0 Å². The largest absolute Gasteiger partial charge is 0.274 e. The van der Waals surface area contributed by atoms with Gasteiger partial charge in [0.2, 0.25) is 0 Å². The molecule has 12 heavy (non-hydrogen) atoms. The van der Waals surface area contributed by atoms with Gasteiger partial charge in [0, 0.05) is 6.20 Å². The molecule has 0 N–H and O–H groups in total. The van der Waals surface area contributed by atoms with Gasteiger partial charge < -0.3 is 0 Å². The summed E-state index contributed by atoms with van der Waals surface area (Å²) in [7, 11) is 0. The summed E-state index contributed by atoms with van der Waals surface area (Å²) in [5, 5.41) is 3.42. The van der Waals surface area contributed by atoms with Gasteiger partial charge >= 0.3 is 0 Å². The van der Waals surface area contributed by atoms with E-state index in [1.165, 1.54) is 0 Å². The van der Waals surface area contributed by atoms with Crippen LogP contribution in [0.2, 0.25) is 0 Å². The van der Waals surface area contributed by atoms with Crippen molar-refractivity contribution in [1.29, 1.82) is 0 Å². The highest BCUT2D eigenvalue weighted by molar-refractivity contribution is 6.67. The van der Waals surface area contributed by atoms with Gasteiger partial charge in [0.05, 0.1) is 5.52 Å². The second kappa shape index (κ2) is 2.60. The van der Waals surface area contributed by atoms with Crippen LogP contribution in [0.25, 0.3) is 5.52 Å². The molecule has 0 radical (unpaired) electrons. The van der Waals surface area contributed by atoms with Crippen LogP contribution in [0.1, 0.15) is 10.5 Å². The van der Waals surface area contributed by atoms with E-state index in [4.69, 9.17) is 11.6 Å². The number of hydrogen-bond donors (Lipinski definition) is 0. The topological polar surface area (TPSA) is 34.4 Å². The summed E-state index contributed by atoms with van der Waals surface area (Å²) in [5.74, 6) is 0. The van der Waals surface area contributed by atoms with Gasteiger partial charge in [-0.1, -0.05) is 6.07 Å². The fraction of sp³-hybridized carbons (Fsp3) is 0. The van der Waals surface area contributed by atoms with Gasteiger partial charge in [-0.15, -0.1) is 0 Å². The molecule has 0 saturated carbocycles. The number of aromatic nitrogens is 2. The van der Waals surface area contributed by atoms with Crippen molar-refractivity contribution in [2.45, 2.75) is 0 Å². The summed E-state index contributed by atoms with van der Waals surface area (Å²) in [6.45, 7) is 0. The van der Waals surface area contributed by atoms with Crippen molar-refractivity contribution < 1.29 is 4.79 Å². The van der Waals surface area contributed by atoms with Crippen molar-refractivity contribution in [2.24, 2.45) is 0 Å². The third-order valence-electron chi connectivity index (χ3n) is 1.57. The van der Waals surface area contributed by atoms with Gasteiger partial charge in [0.15, 0.2) is 0 Å². The average Bonchev–Trinajstić information content (AvgIpc) is 2.46. The Hall–Kier alpha value is -1.35. The number of nitrogens with zero attached hydrogens (tertiary/aromatic N) is 2. The van der Waals surface area contributed by atoms with Crippen molar-refractivity contribution in [2.75, 3.05) is 0 Å². The van der Waals surface area contributed by atoms with Crippen LogP contribution < -0.4 is 0 Å². The Kier molecular flexibility index (Phi) is 1.59. The Balaban J connectivity index is 2.70. The third-order valence-corrected chi connectivity index (χ3v) is 1.76. The molecule has 0 atom stereocenters. The molecule has 2 heterocycles. The quantitative estimate of drug-likeness (QED) is 0.627. The molecule has 0 aliphatic carbocycles. The Bertz CT molecular complexity index is 402. The zero-order valence-electron chi connectivity index (χ0n) is 6.07. The first-order valence-corrected chi connectivity index (χ1v) is 3.79. The van der Waals surface area contributed by atoms with Gasteiger partial charge in [-0.2, -0.15) is 5.10 Å². The van der Waals surface area contributed by atoms with Crippen molar-refractivity contribution in [3.63, 3.8) is 0 Å². The van der Waals surface area contributed by atoms with Crippen molar-refractivity contribution in [3.8, 4) is 0 Å². The highest BCUT2D eigenvalue weighted by Gasteiger charge is 2.05. The molecule has 0 aliphatic heterocycles. The van der Waals surface area contributed by atoms with Gasteiger partial charge in [-0.05, 0) is 29.8 Å². The standard InChI is InChI=1S/C8H5ClN2O/c9-8(12)7-5-6-3-1-2-4-11(6)10-7/h1-5H. The number of rotatable bonds is 1. The van der Waals surface area contributed by atoms with Crippen LogP contribution in [0.5, 0.6) is 0 Å².